The molecule has 0 bridgehead atoms. The molecule has 0 aromatic carbocycles. The first kappa shape index (κ1) is 24.7. The number of ketones is 1. The van der Waals surface area contributed by atoms with Crippen LogP contribution in [0.25, 0.3) is 0 Å². The Hall–Kier alpha value is -1.58. The Morgan fingerprint density at radius 1 is 1.06 bits per heavy atom. The van der Waals surface area contributed by atoms with Crippen LogP contribution >= 0.6 is 0 Å². The maximum absolute atomic E-state index is 13.3. The summed E-state index contributed by atoms with van der Waals surface area (Å²) in [7, 11) is 0. The quantitative estimate of drug-likeness (QED) is 0.330. The van der Waals surface area contributed by atoms with E-state index in [2.05, 4.69) is 0 Å². The summed E-state index contributed by atoms with van der Waals surface area (Å²) in [6, 6.07) is 0. The van der Waals surface area contributed by atoms with Crippen LogP contribution in [0.4, 0.5) is 0 Å². The van der Waals surface area contributed by atoms with Gasteiger partial charge in [-0.05, 0) is 70.4 Å². The van der Waals surface area contributed by atoms with Gasteiger partial charge in [-0.1, -0.05) is 19.9 Å². The molecule has 4 fully saturated rings. The molecule has 0 spiro atoms. The third-order valence-corrected chi connectivity index (χ3v) is 12.1. The fourth-order valence-corrected chi connectivity index (χ4v) is 9.30. The first-order valence-electron chi connectivity index (χ1n) is 13.3. The van der Waals surface area contributed by atoms with E-state index in [0.29, 0.717) is 36.8 Å². The van der Waals surface area contributed by atoms with E-state index in [0.717, 1.165) is 0 Å². The highest BCUT2D eigenvalue weighted by Crippen LogP contribution is 2.74. The number of ether oxygens (including phenoxy) is 2. The van der Waals surface area contributed by atoms with Crippen molar-refractivity contribution in [2.45, 2.75) is 108 Å². The Bertz CT molecular complexity index is 1110. The zero-order chi connectivity index (χ0) is 26.2. The van der Waals surface area contributed by atoms with Crippen molar-refractivity contribution in [2.75, 3.05) is 0 Å². The van der Waals surface area contributed by atoms with Gasteiger partial charge in [0.25, 0.3) is 0 Å². The van der Waals surface area contributed by atoms with Gasteiger partial charge in [0.1, 0.15) is 23.9 Å². The maximum Gasteiger partial charge on any atom is 0.334 e. The van der Waals surface area contributed by atoms with Crippen LogP contribution in [-0.2, 0) is 19.1 Å². The molecule has 0 aromatic heterocycles. The molecule has 6 aliphatic rings. The summed E-state index contributed by atoms with van der Waals surface area (Å²) in [5.74, 6) is -2.01. The second-order valence-corrected chi connectivity index (χ2v) is 12.9. The Labute approximate surface area is 211 Å². The molecular formula is C28H38O8. The monoisotopic (exact) mass is 502 g/mol. The molecule has 8 nitrogen and oxygen atoms in total. The van der Waals surface area contributed by atoms with Gasteiger partial charge in [-0.3, -0.25) is 4.79 Å². The molecule has 2 aliphatic heterocycles. The minimum Gasteiger partial charge on any atom is -0.455 e. The van der Waals surface area contributed by atoms with E-state index in [1.54, 1.807) is 32.9 Å². The van der Waals surface area contributed by atoms with Crippen molar-refractivity contribution in [3.63, 3.8) is 0 Å². The summed E-state index contributed by atoms with van der Waals surface area (Å²) >= 11 is 0. The fourth-order valence-electron chi connectivity index (χ4n) is 9.30. The van der Waals surface area contributed by atoms with Crippen molar-refractivity contribution < 1.29 is 39.5 Å². The Kier molecular flexibility index (Phi) is 4.87. The number of carbonyl (C=O) groups excluding carboxylic acids is 2. The zero-order valence-corrected chi connectivity index (χ0v) is 21.7. The van der Waals surface area contributed by atoms with Crippen LogP contribution in [0.2, 0.25) is 0 Å². The lowest BCUT2D eigenvalue weighted by atomic mass is 9.41. The molecule has 0 radical (unpaired) electrons. The van der Waals surface area contributed by atoms with Crippen molar-refractivity contribution in [3.8, 4) is 0 Å². The number of hydrogen-bond donors (Lipinski definition) is 4. The molecule has 12 unspecified atom stereocenters. The lowest BCUT2D eigenvalue weighted by molar-refractivity contribution is -0.255. The minimum absolute atomic E-state index is 0.135. The minimum atomic E-state index is -1.43. The molecule has 0 amide bonds. The van der Waals surface area contributed by atoms with E-state index in [-0.39, 0.29) is 24.2 Å². The SMILES string of the molecule is CC1=C(C)C(O)C(C(C)C2(O)CCC3(O)C4C5OC5C5(O)CC=CC(=O)C5(C)C4CCC23C)OC1=O. The van der Waals surface area contributed by atoms with Gasteiger partial charge in [0, 0.05) is 22.8 Å². The van der Waals surface area contributed by atoms with Crippen molar-refractivity contribution in [1.29, 1.82) is 0 Å². The van der Waals surface area contributed by atoms with Crippen LogP contribution in [0, 0.1) is 28.6 Å². The third-order valence-electron chi connectivity index (χ3n) is 12.1. The highest BCUT2D eigenvalue weighted by Gasteiger charge is 2.82. The van der Waals surface area contributed by atoms with Crippen molar-refractivity contribution in [2.24, 2.45) is 28.6 Å². The van der Waals surface area contributed by atoms with Gasteiger partial charge in [0.05, 0.1) is 22.7 Å². The predicted octanol–water partition coefficient (Wildman–Crippen LogP) is 1.58. The molecule has 3 saturated carbocycles. The number of epoxide rings is 1. The molecule has 2 heterocycles. The summed E-state index contributed by atoms with van der Waals surface area (Å²) in [6.45, 7) is 8.81. The first-order valence-corrected chi connectivity index (χ1v) is 13.3. The second-order valence-electron chi connectivity index (χ2n) is 12.9. The van der Waals surface area contributed by atoms with Gasteiger partial charge in [0.15, 0.2) is 5.78 Å². The van der Waals surface area contributed by atoms with E-state index in [1.165, 1.54) is 0 Å². The largest absolute Gasteiger partial charge is 0.455 e. The number of aliphatic hydroxyl groups is 4. The first-order chi connectivity index (χ1) is 16.7. The average molecular weight is 503 g/mol. The number of aliphatic hydroxyl groups excluding tert-OH is 1. The van der Waals surface area contributed by atoms with E-state index in [9.17, 15) is 30.0 Å². The Balaban J connectivity index is 1.39. The van der Waals surface area contributed by atoms with Gasteiger partial charge in [0.2, 0.25) is 0 Å². The van der Waals surface area contributed by atoms with Crippen LogP contribution in [0.1, 0.15) is 66.7 Å². The lowest BCUT2D eigenvalue weighted by Gasteiger charge is -2.63. The van der Waals surface area contributed by atoms with Gasteiger partial charge < -0.3 is 29.9 Å². The molecule has 4 aliphatic carbocycles. The van der Waals surface area contributed by atoms with Crippen LogP contribution < -0.4 is 0 Å². The summed E-state index contributed by atoms with van der Waals surface area (Å²) in [6.07, 6.45) is 2.23. The Morgan fingerprint density at radius 2 is 1.75 bits per heavy atom. The van der Waals surface area contributed by atoms with E-state index < -0.39 is 63.8 Å². The van der Waals surface area contributed by atoms with Gasteiger partial charge in [-0.25, -0.2) is 4.79 Å². The third kappa shape index (κ3) is 2.49. The molecule has 8 heteroatoms. The highest BCUT2D eigenvalue weighted by atomic mass is 16.6. The van der Waals surface area contributed by atoms with E-state index in [1.807, 2.05) is 13.8 Å². The van der Waals surface area contributed by atoms with Crippen molar-refractivity contribution in [1.82, 2.24) is 0 Å². The van der Waals surface area contributed by atoms with Crippen LogP contribution in [-0.4, -0.2) is 73.4 Å². The second kappa shape index (κ2) is 7.08. The molecule has 4 N–H and O–H groups in total. The molecule has 6 rings (SSSR count). The average Bonchev–Trinajstić information content (AvgIpc) is 3.60. The summed E-state index contributed by atoms with van der Waals surface area (Å²) < 4.78 is 11.7. The van der Waals surface area contributed by atoms with Crippen LogP contribution in [0.15, 0.2) is 23.3 Å². The number of esters is 1. The molecule has 12 atom stereocenters. The zero-order valence-electron chi connectivity index (χ0n) is 21.7. The van der Waals surface area contributed by atoms with E-state index >= 15 is 0 Å². The van der Waals surface area contributed by atoms with Crippen LogP contribution in [0.5, 0.6) is 0 Å². The number of allylic oxidation sites excluding steroid dienone is 1. The maximum atomic E-state index is 13.3. The number of cyclic esters (lactones) is 1. The summed E-state index contributed by atoms with van der Waals surface area (Å²) in [5.41, 5.74) is -5.26. The normalized spacial score (nSPS) is 56.4. The summed E-state index contributed by atoms with van der Waals surface area (Å²) in [5, 5.41) is 47.5. The summed E-state index contributed by atoms with van der Waals surface area (Å²) in [4.78, 5) is 25.8. The topological polar surface area (TPSA) is 137 Å². The lowest BCUT2D eigenvalue weighted by Crippen LogP contribution is -2.73. The van der Waals surface area contributed by atoms with Gasteiger partial charge in [-0.15, -0.1) is 0 Å². The fraction of sp³-hybridized carbons (Fsp3) is 0.786. The van der Waals surface area contributed by atoms with Gasteiger partial charge >= 0.3 is 5.97 Å². The number of carbonyl (C=O) groups is 2. The van der Waals surface area contributed by atoms with Gasteiger partial charge in [-0.2, -0.15) is 0 Å². The molecule has 1 saturated heterocycles. The molecule has 198 valence electrons. The highest BCUT2D eigenvalue weighted by molar-refractivity contribution is 5.97. The van der Waals surface area contributed by atoms with Crippen molar-refractivity contribution >= 4 is 11.8 Å². The number of rotatable bonds is 2. The molecule has 0 aromatic rings. The van der Waals surface area contributed by atoms with Crippen molar-refractivity contribution in [3.05, 3.63) is 23.3 Å². The predicted molar refractivity (Wildman–Crippen MR) is 127 cm³/mol. The number of fused-ring (bicyclic) bond motifs is 8. The standard InChI is InChI=1S/C28H38O8/c1-13-14(2)23(31)36-20(19(13)30)15(3)26(32)11-12-27(33)18-16(8-10-24(26,27)4)25(5)17(29)7-6-9-28(25,34)22-21(18)35-22/h6-7,15-16,18-22,30,32-34H,8-12H2,1-5H3. The van der Waals surface area contributed by atoms with Crippen LogP contribution in [0.3, 0.4) is 0 Å². The smallest absolute Gasteiger partial charge is 0.334 e. The Morgan fingerprint density at radius 3 is 2.44 bits per heavy atom. The van der Waals surface area contributed by atoms with E-state index in [4.69, 9.17) is 9.47 Å². The molecule has 36 heavy (non-hydrogen) atoms. The molecular weight excluding hydrogens is 464 g/mol. The number of hydrogen-bond acceptors (Lipinski definition) is 8.